The van der Waals surface area contributed by atoms with E-state index >= 15 is 0 Å². The first kappa shape index (κ1) is 15.0. The second-order valence-electron chi connectivity index (χ2n) is 6.74. The average molecular weight is 275 g/mol. The van der Waals surface area contributed by atoms with Crippen LogP contribution in [0.25, 0.3) is 0 Å². The third kappa shape index (κ3) is 4.07. The monoisotopic (exact) mass is 275 g/mol. The molecule has 0 atom stereocenters. The first-order valence-electron chi connectivity index (χ1n) is 7.44. The zero-order valence-corrected chi connectivity index (χ0v) is 12.7. The van der Waals surface area contributed by atoms with Gasteiger partial charge in [0.05, 0.1) is 5.56 Å². The fourth-order valence-corrected chi connectivity index (χ4v) is 2.68. The zero-order chi connectivity index (χ0) is 14.8. The molecule has 0 unspecified atom stereocenters. The first-order chi connectivity index (χ1) is 9.35. The summed E-state index contributed by atoms with van der Waals surface area (Å²) >= 11 is 0. The number of hydrogen-bond donors (Lipinski definition) is 1. The van der Waals surface area contributed by atoms with Crippen LogP contribution < -0.4 is 5.73 Å². The number of ether oxygens (including phenoxy) is 1. The fraction of sp³-hybridized carbons (Fsp3) is 0.588. The van der Waals surface area contributed by atoms with E-state index in [0.29, 0.717) is 17.5 Å². The summed E-state index contributed by atoms with van der Waals surface area (Å²) in [6.45, 7) is 5.64. The van der Waals surface area contributed by atoms with E-state index in [0.717, 1.165) is 25.7 Å². The fourth-order valence-electron chi connectivity index (χ4n) is 2.68. The van der Waals surface area contributed by atoms with Gasteiger partial charge in [0.25, 0.3) is 0 Å². The quantitative estimate of drug-likeness (QED) is 0.839. The van der Waals surface area contributed by atoms with Crippen molar-refractivity contribution in [3.05, 3.63) is 35.4 Å². The molecule has 3 heteroatoms. The maximum Gasteiger partial charge on any atom is 0.338 e. The number of carbonyl (C=O) groups excluding carboxylic acids is 1. The molecule has 1 aromatic rings. The molecule has 0 amide bonds. The van der Waals surface area contributed by atoms with Gasteiger partial charge in [0.2, 0.25) is 0 Å². The summed E-state index contributed by atoms with van der Waals surface area (Å²) in [5, 5.41) is 0. The van der Waals surface area contributed by atoms with Crippen molar-refractivity contribution < 1.29 is 9.53 Å². The van der Waals surface area contributed by atoms with E-state index in [2.05, 4.69) is 12.1 Å². The maximum atomic E-state index is 12.0. The number of esters is 1. The zero-order valence-electron chi connectivity index (χ0n) is 12.7. The molecule has 1 fully saturated rings. The topological polar surface area (TPSA) is 52.3 Å². The highest BCUT2D eigenvalue weighted by Gasteiger charge is 2.21. The lowest BCUT2D eigenvalue weighted by atomic mass is 9.82. The van der Waals surface area contributed by atoms with Gasteiger partial charge in [-0.2, -0.15) is 0 Å². The minimum absolute atomic E-state index is 0.255. The van der Waals surface area contributed by atoms with Gasteiger partial charge < -0.3 is 10.5 Å². The van der Waals surface area contributed by atoms with Gasteiger partial charge >= 0.3 is 5.97 Å². The van der Waals surface area contributed by atoms with E-state index in [1.165, 1.54) is 5.56 Å². The van der Waals surface area contributed by atoms with Crippen LogP contribution in [0, 0.1) is 0 Å². The summed E-state index contributed by atoms with van der Waals surface area (Å²) in [5.41, 5.74) is 7.42. The molecule has 0 bridgehead atoms. The van der Waals surface area contributed by atoms with Crippen molar-refractivity contribution in [3.8, 4) is 0 Å². The van der Waals surface area contributed by atoms with E-state index < -0.39 is 5.60 Å². The Morgan fingerprint density at radius 2 is 1.65 bits per heavy atom. The molecule has 1 aromatic carbocycles. The largest absolute Gasteiger partial charge is 0.456 e. The normalized spacial score (nSPS) is 23.4. The van der Waals surface area contributed by atoms with Gasteiger partial charge in [0, 0.05) is 6.04 Å². The van der Waals surface area contributed by atoms with E-state index in [4.69, 9.17) is 10.5 Å². The lowest BCUT2D eigenvalue weighted by Crippen LogP contribution is -2.25. The van der Waals surface area contributed by atoms with Gasteiger partial charge in [-0.15, -0.1) is 0 Å². The van der Waals surface area contributed by atoms with Crippen molar-refractivity contribution in [2.24, 2.45) is 5.73 Å². The van der Waals surface area contributed by atoms with Crippen molar-refractivity contribution in [3.63, 3.8) is 0 Å². The number of carbonyl (C=O) groups is 1. The highest BCUT2D eigenvalue weighted by atomic mass is 16.6. The molecule has 0 aromatic heterocycles. The summed E-state index contributed by atoms with van der Waals surface area (Å²) < 4.78 is 5.37. The molecule has 2 N–H and O–H groups in total. The second-order valence-corrected chi connectivity index (χ2v) is 6.74. The molecule has 0 heterocycles. The van der Waals surface area contributed by atoms with E-state index in [-0.39, 0.29) is 5.97 Å². The van der Waals surface area contributed by atoms with Crippen molar-refractivity contribution in [2.75, 3.05) is 0 Å². The lowest BCUT2D eigenvalue weighted by molar-refractivity contribution is 0.00695. The predicted octanol–water partition coefficient (Wildman–Crippen LogP) is 3.63. The van der Waals surface area contributed by atoms with Gasteiger partial charge in [-0.25, -0.2) is 4.79 Å². The second kappa shape index (κ2) is 5.96. The van der Waals surface area contributed by atoms with Gasteiger partial charge in [0.1, 0.15) is 5.60 Å². The van der Waals surface area contributed by atoms with Crippen LogP contribution in [0.15, 0.2) is 24.3 Å². The molecule has 0 saturated heterocycles. The highest BCUT2D eigenvalue weighted by molar-refractivity contribution is 5.89. The number of rotatable bonds is 2. The van der Waals surface area contributed by atoms with Crippen LogP contribution in [0.4, 0.5) is 0 Å². The number of nitrogens with two attached hydrogens (primary N) is 1. The van der Waals surface area contributed by atoms with E-state index in [1.54, 1.807) is 0 Å². The lowest BCUT2D eigenvalue weighted by Gasteiger charge is -2.26. The van der Waals surface area contributed by atoms with Crippen LogP contribution in [-0.2, 0) is 4.74 Å². The van der Waals surface area contributed by atoms with Crippen LogP contribution >= 0.6 is 0 Å². The average Bonchev–Trinajstić information content (AvgIpc) is 2.38. The van der Waals surface area contributed by atoms with Crippen LogP contribution in [0.2, 0.25) is 0 Å². The van der Waals surface area contributed by atoms with Crippen molar-refractivity contribution >= 4 is 5.97 Å². The molecule has 3 nitrogen and oxygen atoms in total. The van der Waals surface area contributed by atoms with Crippen LogP contribution in [0.1, 0.15) is 68.3 Å². The highest BCUT2D eigenvalue weighted by Crippen LogP contribution is 2.32. The molecular formula is C17H25NO2. The smallest absolute Gasteiger partial charge is 0.338 e. The van der Waals surface area contributed by atoms with Crippen molar-refractivity contribution in [1.82, 2.24) is 0 Å². The molecule has 2 rings (SSSR count). The molecular weight excluding hydrogens is 250 g/mol. The third-order valence-corrected chi connectivity index (χ3v) is 3.79. The van der Waals surface area contributed by atoms with Gasteiger partial charge in [0.15, 0.2) is 0 Å². The Kier molecular flexibility index (Phi) is 4.48. The van der Waals surface area contributed by atoms with Gasteiger partial charge in [-0.05, 0) is 70.1 Å². The minimum atomic E-state index is -0.449. The van der Waals surface area contributed by atoms with E-state index in [1.807, 2.05) is 32.9 Å². The summed E-state index contributed by atoms with van der Waals surface area (Å²) in [4.78, 5) is 12.0. The molecule has 0 radical (unpaired) electrons. The Morgan fingerprint density at radius 3 is 2.15 bits per heavy atom. The maximum absolute atomic E-state index is 12.0. The Morgan fingerprint density at radius 1 is 1.10 bits per heavy atom. The Bertz CT molecular complexity index is 451. The predicted molar refractivity (Wildman–Crippen MR) is 80.8 cm³/mol. The van der Waals surface area contributed by atoms with Crippen molar-refractivity contribution in [1.29, 1.82) is 0 Å². The summed E-state index contributed by atoms with van der Waals surface area (Å²) in [5.74, 6) is 0.331. The Labute approximate surface area is 121 Å². The van der Waals surface area contributed by atoms with Crippen LogP contribution in [0.3, 0.4) is 0 Å². The summed E-state index contributed by atoms with van der Waals surface area (Å²) in [7, 11) is 0. The van der Waals surface area contributed by atoms with E-state index in [9.17, 15) is 4.79 Å². The molecule has 0 spiro atoms. The van der Waals surface area contributed by atoms with Crippen LogP contribution in [-0.4, -0.2) is 17.6 Å². The molecule has 1 aliphatic carbocycles. The number of hydrogen-bond acceptors (Lipinski definition) is 3. The molecule has 0 aliphatic heterocycles. The first-order valence-corrected chi connectivity index (χ1v) is 7.44. The molecule has 1 aliphatic rings. The Balaban J connectivity index is 2.01. The van der Waals surface area contributed by atoms with Gasteiger partial charge in [-0.3, -0.25) is 0 Å². The SMILES string of the molecule is CC(C)(C)OC(=O)c1ccc(C2CCC(N)CC2)cc1. The summed E-state index contributed by atoms with van der Waals surface area (Å²) in [6.07, 6.45) is 4.48. The summed E-state index contributed by atoms with van der Waals surface area (Å²) in [6, 6.07) is 8.23. The van der Waals surface area contributed by atoms with Gasteiger partial charge in [-0.1, -0.05) is 12.1 Å². The minimum Gasteiger partial charge on any atom is -0.456 e. The number of benzene rings is 1. The molecule has 1 saturated carbocycles. The third-order valence-electron chi connectivity index (χ3n) is 3.79. The standard InChI is InChI=1S/C17H25NO2/c1-17(2,3)20-16(19)14-6-4-12(5-7-14)13-8-10-15(18)11-9-13/h4-7,13,15H,8-11,18H2,1-3H3. The molecule has 110 valence electrons. The van der Waals surface area contributed by atoms with Crippen molar-refractivity contribution in [2.45, 2.75) is 64.0 Å². The Hall–Kier alpha value is -1.35. The van der Waals surface area contributed by atoms with Crippen LogP contribution in [0.5, 0.6) is 0 Å². The molecule has 20 heavy (non-hydrogen) atoms.